The number of nitrogens with zero attached hydrogens (tertiary/aromatic N) is 2. The molecule has 2 aromatic heterocycles. The largest absolute Gasteiger partial charge is 0.417 e. The van der Waals surface area contributed by atoms with Gasteiger partial charge in [-0.1, -0.05) is 18.5 Å². The SMILES string of the molecule is CCC(c1c(C(C)=O)cc2oc(=O)[nH]c2c1-c1noc2cc(F)ccc12)N1CCCCC1. The molecule has 1 atom stereocenters. The molecule has 8 heteroatoms. The number of likely N-dealkylation sites (tertiary alicyclic amines) is 1. The maximum absolute atomic E-state index is 13.8. The Kier molecular flexibility index (Phi) is 5.17. The first-order chi connectivity index (χ1) is 15.5. The molecule has 1 aliphatic rings. The summed E-state index contributed by atoms with van der Waals surface area (Å²) in [6, 6.07) is 5.81. The minimum atomic E-state index is -0.613. The number of halogens is 1. The number of piperidine rings is 1. The van der Waals surface area contributed by atoms with Gasteiger partial charge in [0.25, 0.3) is 0 Å². The molecule has 0 bridgehead atoms. The number of fused-ring (bicyclic) bond motifs is 2. The van der Waals surface area contributed by atoms with Crippen molar-refractivity contribution in [3.63, 3.8) is 0 Å². The molecule has 1 unspecified atom stereocenters. The van der Waals surface area contributed by atoms with Crippen molar-refractivity contribution in [2.75, 3.05) is 13.1 Å². The van der Waals surface area contributed by atoms with Crippen molar-refractivity contribution in [2.24, 2.45) is 0 Å². The normalized spacial score (nSPS) is 16.1. The van der Waals surface area contributed by atoms with Gasteiger partial charge in [-0.25, -0.2) is 9.18 Å². The number of carbonyl (C=O) groups excluding carboxylic acids is 1. The number of rotatable bonds is 5. The fraction of sp³-hybridized carbons (Fsp3) is 0.375. The van der Waals surface area contributed by atoms with E-state index in [1.165, 1.54) is 25.5 Å². The molecule has 4 aromatic rings. The zero-order valence-corrected chi connectivity index (χ0v) is 18.0. The monoisotopic (exact) mass is 437 g/mol. The van der Waals surface area contributed by atoms with Gasteiger partial charge < -0.3 is 8.94 Å². The Balaban J connectivity index is 1.87. The number of ketones is 1. The van der Waals surface area contributed by atoms with Crippen LogP contribution in [-0.2, 0) is 0 Å². The number of Topliss-reactive ketones (excluding diaryl/α,β-unsaturated/α-hetero) is 1. The molecule has 1 aliphatic heterocycles. The third kappa shape index (κ3) is 3.35. The average molecular weight is 437 g/mol. The summed E-state index contributed by atoms with van der Waals surface area (Å²) < 4.78 is 24.6. The van der Waals surface area contributed by atoms with Gasteiger partial charge in [0.15, 0.2) is 16.9 Å². The molecule has 32 heavy (non-hydrogen) atoms. The number of hydrogen-bond acceptors (Lipinski definition) is 6. The predicted octanol–water partition coefficient (Wildman–Crippen LogP) is 5.21. The van der Waals surface area contributed by atoms with Crippen LogP contribution in [0.5, 0.6) is 0 Å². The smallest absolute Gasteiger partial charge is 0.408 e. The van der Waals surface area contributed by atoms with E-state index in [-0.39, 0.29) is 17.4 Å². The van der Waals surface area contributed by atoms with Gasteiger partial charge in [0, 0.05) is 23.2 Å². The lowest BCUT2D eigenvalue weighted by Gasteiger charge is -2.36. The van der Waals surface area contributed by atoms with E-state index in [0.29, 0.717) is 33.3 Å². The Bertz CT molecular complexity index is 1380. The van der Waals surface area contributed by atoms with E-state index in [9.17, 15) is 14.0 Å². The summed E-state index contributed by atoms with van der Waals surface area (Å²) in [5, 5.41) is 4.86. The van der Waals surface area contributed by atoms with Crippen molar-refractivity contribution in [1.82, 2.24) is 15.0 Å². The van der Waals surface area contributed by atoms with Crippen LogP contribution in [-0.4, -0.2) is 33.9 Å². The second-order valence-electron chi connectivity index (χ2n) is 8.35. The van der Waals surface area contributed by atoms with Crippen LogP contribution in [0.25, 0.3) is 33.3 Å². The third-order valence-electron chi connectivity index (χ3n) is 6.36. The summed E-state index contributed by atoms with van der Waals surface area (Å²) in [7, 11) is 0. The second kappa shape index (κ2) is 8.02. The lowest BCUT2D eigenvalue weighted by atomic mass is 9.86. The van der Waals surface area contributed by atoms with E-state index in [1.54, 1.807) is 12.1 Å². The van der Waals surface area contributed by atoms with Crippen molar-refractivity contribution >= 4 is 27.9 Å². The number of hydrogen-bond donors (Lipinski definition) is 1. The van der Waals surface area contributed by atoms with E-state index >= 15 is 0 Å². The topological polar surface area (TPSA) is 92.3 Å². The Morgan fingerprint density at radius 1 is 1.22 bits per heavy atom. The van der Waals surface area contributed by atoms with E-state index in [4.69, 9.17) is 8.94 Å². The molecule has 3 heterocycles. The molecular formula is C24H24FN3O4. The molecule has 0 amide bonds. The molecule has 166 valence electrons. The van der Waals surface area contributed by atoms with Crippen molar-refractivity contribution in [3.8, 4) is 11.3 Å². The van der Waals surface area contributed by atoms with Gasteiger partial charge in [-0.3, -0.25) is 14.7 Å². The van der Waals surface area contributed by atoms with E-state index in [0.717, 1.165) is 37.9 Å². The molecule has 1 saturated heterocycles. The number of H-pyrrole nitrogens is 1. The first-order valence-corrected chi connectivity index (χ1v) is 11.0. The molecule has 1 N–H and O–H groups in total. The molecule has 1 fully saturated rings. The number of oxazole rings is 1. The summed E-state index contributed by atoms with van der Waals surface area (Å²) in [4.78, 5) is 30.1. The summed E-state index contributed by atoms with van der Waals surface area (Å²) in [5.41, 5.74) is 3.38. The predicted molar refractivity (Wildman–Crippen MR) is 118 cm³/mol. The molecule has 2 aromatic carbocycles. The van der Waals surface area contributed by atoms with Crippen molar-refractivity contribution in [2.45, 2.75) is 45.6 Å². The number of benzene rings is 2. The minimum Gasteiger partial charge on any atom is -0.408 e. The number of carbonyl (C=O) groups is 1. The van der Waals surface area contributed by atoms with Crippen LogP contribution >= 0.6 is 0 Å². The number of aromatic nitrogens is 2. The summed E-state index contributed by atoms with van der Waals surface area (Å²) in [6.45, 7) is 5.46. The maximum atomic E-state index is 13.8. The van der Waals surface area contributed by atoms with Crippen molar-refractivity contribution < 1.29 is 18.1 Å². The first-order valence-electron chi connectivity index (χ1n) is 11.0. The van der Waals surface area contributed by atoms with E-state index in [2.05, 4.69) is 22.0 Å². The zero-order valence-electron chi connectivity index (χ0n) is 18.0. The fourth-order valence-corrected chi connectivity index (χ4v) is 4.96. The minimum absolute atomic E-state index is 0.0563. The Morgan fingerprint density at radius 3 is 2.72 bits per heavy atom. The van der Waals surface area contributed by atoms with Gasteiger partial charge in [0.05, 0.1) is 10.9 Å². The Hall–Kier alpha value is -3.26. The van der Waals surface area contributed by atoms with Crippen LogP contribution in [0.2, 0.25) is 0 Å². The molecule has 0 saturated carbocycles. The van der Waals surface area contributed by atoms with Gasteiger partial charge >= 0.3 is 5.76 Å². The third-order valence-corrected chi connectivity index (χ3v) is 6.36. The molecule has 7 nitrogen and oxygen atoms in total. The lowest BCUT2D eigenvalue weighted by molar-refractivity contribution is 0.101. The van der Waals surface area contributed by atoms with Crippen LogP contribution in [0, 0.1) is 5.82 Å². The van der Waals surface area contributed by atoms with E-state index in [1.807, 2.05) is 0 Å². The van der Waals surface area contributed by atoms with Gasteiger partial charge in [0.1, 0.15) is 11.5 Å². The standard InChI is InChI=1S/C24H24FN3O4/c1-3-17(28-9-5-4-6-10-28)20-16(13(2)29)12-19-23(26-24(30)31-19)21(20)22-15-8-7-14(25)11-18(15)32-27-22/h7-8,11-12,17H,3-6,9-10H2,1-2H3,(H,26,30). The highest BCUT2D eigenvalue weighted by Gasteiger charge is 2.31. The van der Waals surface area contributed by atoms with Crippen molar-refractivity contribution in [1.29, 1.82) is 0 Å². The Morgan fingerprint density at radius 2 is 2.00 bits per heavy atom. The fourth-order valence-electron chi connectivity index (χ4n) is 4.96. The molecule has 0 spiro atoms. The van der Waals surface area contributed by atoms with Gasteiger partial charge in [-0.15, -0.1) is 0 Å². The number of aromatic amines is 1. The zero-order chi connectivity index (χ0) is 22.4. The molecule has 5 rings (SSSR count). The highest BCUT2D eigenvalue weighted by Crippen LogP contribution is 2.43. The van der Waals surface area contributed by atoms with Gasteiger partial charge in [-0.2, -0.15) is 0 Å². The first kappa shape index (κ1) is 20.6. The molecular weight excluding hydrogens is 413 g/mol. The molecule has 0 radical (unpaired) electrons. The van der Waals surface area contributed by atoms with Crippen LogP contribution in [0.4, 0.5) is 4.39 Å². The van der Waals surface area contributed by atoms with Crippen LogP contribution < -0.4 is 5.76 Å². The van der Waals surface area contributed by atoms with Gasteiger partial charge in [-0.05, 0) is 63.0 Å². The molecule has 0 aliphatic carbocycles. The Labute approximate surface area is 183 Å². The summed E-state index contributed by atoms with van der Waals surface area (Å²) in [6.07, 6.45) is 4.15. The quantitative estimate of drug-likeness (QED) is 0.431. The van der Waals surface area contributed by atoms with Crippen LogP contribution in [0.3, 0.4) is 0 Å². The van der Waals surface area contributed by atoms with Crippen LogP contribution in [0.1, 0.15) is 61.5 Å². The van der Waals surface area contributed by atoms with Crippen LogP contribution in [0.15, 0.2) is 38.0 Å². The summed E-state index contributed by atoms with van der Waals surface area (Å²) in [5.74, 6) is -1.17. The number of nitrogens with one attached hydrogen (secondary N) is 1. The summed E-state index contributed by atoms with van der Waals surface area (Å²) >= 11 is 0. The van der Waals surface area contributed by atoms with Crippen molar-refractivity contribution in [3.05, 3.63) is 51.8 Å². The van der Waals surface area contributed by atoms with Gasteiger partial charge in [0.2, 0.25) is 0 Å². The highest BCUT2D eigenvalue weighted by atomic mass is 19.1. The second-order valence-corrected chi connectivity index (χ2v) is 8.35. The maximum Gasteiger partial charge on any atom is 0.417 e. The lowest BCUT2D eigenvalue weighted by Crippen LogP contribution is -2.34. The highest BCUT2D eigenvalue weighted by molar-refractivity contribution is 6.07. The average Bonchev–Trinajstić information content (AvgIpc) is 3.36. The van der Waals surface area contributed by atoms with E-state index < -0.39 is 11.6 Å².